The molecule has 3 aromatic rings. The Labute approximate surface area is 181 Å². The minimum atomic E-state index is -0.256. The molecular formula is C23H28FN5O2. The molecule has 3 heterocycles. The first-order valence-corrected chi connectivity index (χ1v) is 10.7. The molecule has 8 heteroatoms. The number of amides is 1. The first kappa shape index (κ1) is 21.2. The van der Waals surface area contributed by atoms with Gasteiger partial charge < -0.3 is 14.3 Å². The molecule has 1 N–H and O–H groups in total. The number of nitrogens with one attached hydrogen (secondary N) is 1. The van der Waals surface area contributed by atoms with Crippen LogP contribution < -0.4 is 5.32 Å². The molecule has 0 radical (unpaired) electrons. The van der Waals surface area contributed by atoms with Gasteiger partial charge in [0.25, 0.3) is 5.91 Å². The number of fused-ring (bicyclic) bond motifs is 1. The van der Waals surface area contributed by atoms with E-state index in [1.165, 1.54) is 12.3 Å². The van der Waals surface area contributed by atoms with E-state index in [0.29, 0.717) is 12.5 Å². The van der Waals surface area contributed by atoms with Gasteiger partial charge in [-0.25, -0.2) is 4.39 Å². The molecular weight excluding hydrogens is 397 g/mol. The molecule has 1 aliphatic heterocycles. The van der Waals surface area contributed by atoms with Gasteiger partial charge >= 0.3 is 0 Å². The molecule has 164 valence electrons. The summed E-state index contributed by atoms with van der Waals surface area (Å²) in [6.07, 6.45) is 2.99. The van der Waals surface area contributed by atoms with Gasteiger partial charge in [-0.15, -0.1) is 10.2 Å². The van der Waals surface area contributed by atoms with Crippen molar-refractivity contribution in [3.8, 4) is 0 Å². The van der Waals surface area contributed by atoms with Crippen molar-refractivity contribution in [3.05, 3.63) is 71.5 Å². The Morgan fingerprint density at radius 3 is 2.81 bits per heavy atom. The van der Waals surface area contributed by atoms with Gasteiger partial charge in [-0.3, -0.25) is 9.69 Å². The van der Waals surface area contributed by atoms with Gasteiger partial charge in [0.2, 0.25) is 0 Å². The zero-order chi connectivity index (χ0) is 21.8. The second-order valence-corrected chi connectivity index (χ2v) is 8.42. The van der Waals surface area contributed by atoms with E-state index in [-0.39, 0.29) is 23.5 Å². The zero-order valence-electron chi connectivity index (χ0n) is 17.9. The Bertz CT molecular complexity index is 1010. The summed E-state index contributed by atoms with van der Waals surface area (Å²) in [5, 5.41) is 11.9. The minimum Gasteiger partial charge on any atom is -0.459 e. The van der Waals surface area contributed by atoms with Gasteiger partial charge in [0.15, 0.2) is 11.6 Å². The summed E-state index contributed by atoms with van der Waals surface area (Å²) in [4.78, 5) is 14.9. The third kappa shape index (κ3) is 5.19. The first-order valence-electron chi connectivity index (χ1n) is 10.7. The van der Waals surface area contributed by atoms with Gasteiger partial charge in [0.05, 0.1) is 12.3 Å². The molecule has 2 aromatic heterocycles. The molecule has 1 atom stereocenters. The van der Waals surface area contributed by atoms with Crippen LogP contribution in [0.3, 0.4) is 0 Å². The van der Waals surface area contributed by atoms with Crippen molar-refractivity contribution in [3.63, 3.8) is 0 Å². The highest BCUT2D eigenvalue weighted by molar-refractivity contribution is 5.91. The van der Waals surface area contributed by atoms with Gasteiger partial charge in [-0.05, 0) is 42.2 Å². The van der Waals surface area contributed by atoms with Gasteiger partial charge in [-0.1, -0.05) is 26.0 Å². The van der Waals surface area contributed by atoms with E-state index < -0.39 is 0 Å². The summed E-state index contributed by atoms with van der Waals surface area (Å²) in [5.41, 5.74) is 0.960. The first-order chi connectivity index (χ1) is 15.0. The van der Waals surface area contributed by atoms with Crippen LogP contribution in [0.1, 0.15) is 54.1 Å². The Kier molecular flexibility index (Phi) is 6.46. The van der Waals surface area contributed by atoms with E-state index in [2.05, 4.69) is 38.8 Å². The van der Waals surface area contributed by atoms with Crippen LogP contribution in [0, 0.1) is 11.7 Å². The summed E-state index contributed by atoms with van der Waals surface area (Å²) in [5.74, 6) is 1.87. The highest BCUT2D eigenvalue weighted by atomic mass is 19.1. The summed E-state index contributed by atoms with van der Waals surface area (Å²) >= 11 is 0. The lowest BCUT2D eigenvalue weighted by Gasteiger charge is -2.22. The van der Waals surface area contributed by atoms with Crippen LogP contribution >= 0.6 is 0 Å². The maximum atomic E-state index is 13.5. The number of furan rings is 1. The fraction of sp³-hybridized carbons (Fsp3) is 0.435. The van der Waals surface area contributed by atoms with E-state index in [0.717, 1.165) is 49.7 Å². The highest BCUT2D eigenvalue weighted by Gasteiger charge is 2.27. The summed E-state index contributed by atoms with van der Waals surface area (Å²) in [6, 6.07) is 9.83. The SMILES string of the molecule is CC(C)C[C@@H](NC(=O)c1ccco1)c1nnc2n1CCN(Cc1cccc(F)c1)CC2. The van der Waals surface area contributed by atoms with Crippen molar-refractivity contribution >= 4 is 5.91 Å². The second kappa shape index (κ2) is 9.43. The van der Waals surface area contributed by atoms with Crippen molar-refractivity contribution in [1.82, 2.24) is 25.0 Å². The number of hydrogen-bond acceptors (Lipinski definition) is 5. The number of carbonyl (C=O) groups excluding carboxylic acids is 1. The van der Waals surface area contributed by atoms with E-state index in [1.54, 1.807) is 24.3 Å². The molecule has 0 saturated heterocycles. The van der Waals surface area contributed by atoms with E-state index in [1.807, 2.05) is 6.07 Å². The van der Waals surface area contributed by atoms with Crippen molar-refractivity contribution < 1.29 is 13.6 Å². The lowest BCUT2D eigenvalue weighted by molar-refractivity contribution is 0.0900. The Morgan fingerprint density at radius 2 is 2.06 bits per heavy atom. The molecule has 31 heavy (non-hydrogen) atoms. The van der Waals surface area contributed by atoms with Gasteiger partial charge in [0.1, 0.15) is 11.6 Å². The van der Waals surface area contributed by atoms with Crippen LogP contribution in [0.5, 0.6) is 0 Å². The van der Waals surface area contributed by atoms with Crippen molar-refractivity contribution in [2.45, 2.75) is 45.8 Å². The Hall–Kier alpha value is -3.00. The smallest absolute Gasteiger partial charge is 0.287 e. The number of carbonyl (C=O) groups is 1. The minimum absolute atomic E-state index is 0.212. The van der Waals surface area contributed by atoms with Crippen LogP contribution in [-0.2, 0) is 19.5 Å². The summed E-state index contributed by atoms with van der Waals surface area (Å²) < 4.78 is 20.9. The normalized spacial score (nSPS) is 15.5. The molecule has 0 bridgehead atoms. The predicted molar refractivity (Wildman–Crippen MR) is 114 cm³/mol. The van der Waals surface area contributed by atoms with Gasteiger partial charge in [0, 0.05) is 32.6 Å². The fourth-order valence-electron chi connectivity index (χ4n) is 4.04. The van der Waals surface area contributed by atoms with Crippen molar-refractivity contribution in [2.75, 3.05) is 13.1 Å². The quantitative estimate of drug-likeness (QED) is 0.626. The predicted octanol–water partition coefficient (Wildman–Crippen LogP) is 3.59. The third-order valence-corrected chi connectivity index (χ3v) is 5.51. The molecule has 1 aliphatic rings. The van der Waals surface area contributed by atoms with Crippen LogP contribution in [0.4, 0.5) is 4.39 Å². The lowest BCUT2D eigenvalue weighted by atomic mass is 10.0. The van der Waals surface area contributed by atoms with Crippen molar-refractivity contribution in [1.29, 1.82) is 0 Å². The van der Waals surface area contributed by atoms with Crippen LogP contribution in [0.15, 0.2) is 47.1 Å². The molecule has 1 aromatic carbocycles. The Balaban J connectivity index is 1.49. The highest BCUT2D eigenvalue weighted by Crippen LogP contribution is 2.23. The average molecular weight is 426 g/mol. The molecule has 0 aliphatic carbocycles. The topological polar surface area (TPSA) is 76.2 Å². The maximum Gasteiger partial charge on any atom is 0.287 e. The standard InChI is InChI=1S/C23H28FN5O2/c1-16(2)13-19(25-23(30)20-7-4-12-31-20)22-27-26-21-8-9-28(10-11-29(21)22)15-17-5-3-6-18(24)14-17/h3-7,12,14,16,19H,8-11,13,15H2,1-2H3,(H,25,30)/t19-/m1/s1. The van der Waals surface area contributed by atoms with Crippen LogP contribution in [0.2, 0.25) is 0 Å². The zero-order valence-corrected chi connectivity index (χ0v) is 17.9. The molecule has 0 unspecified atom stereocenters. The number of nitrogens with zero attached hydrogens (tertiary/aromatic N) is 4. The van der Waals surface area contributed by atoms with Crippen LogP contribution in [-0.4, -0.2) is 38.7 Å². The van der Waals surface area contributed by atoms with E-state index in [9.17, 15) is 9.18 Å². The van der Waals surface area contributed by atoms with Gasteiger partial charge in [-0.2, -0.15) is 0 Å². The largest absolute Gasteiger partial charge is 0.459 e. The molecule has 7 nitrogen and oxygen atoms in total. The molecule has 0 fully saturated rings. The van der Waals surface area contributed by atoms with Crippen LogP contribution in [0.25, 0.3) is 0 Å². The molecule has 0 saturated carbocycles. The fourth-order valence-corrected chi connectivity index (χ4v) is 4.04. The Morgan fingerprint density at radius 1 is 1.19 bits per heavy atom. The van der Waals surface area contributed by atoms with E-state index in [4.69, 9.17) is 4.42 Å². The maximum absolute atomic E-state index is 13.5. The van der Waals surface area contributed by atoms with Crippen molar-refractivity contribution in [2.24, 2.45) is 5.92 Å². The number of aromatic nitrogens is 3. The monoisotopic (exact) mass is 425 g/mol. The number of benzene rings is 1. The second-order valence-electron chi connectivity index (χ2n) is 8.42. The average Bonchev–Trinajstić information content (AvgIpc) is 3.36. The number of rotatable bonds is 7. The lowest BCUT2D eigenvalue weighted by Crippen LogP contribution is -2.32. The number of halogens is 1. The molecule has 4 rings (SSSR count). The number of hydrogen-bond donors (Lipinski definition) is 1. The third-order valence-electron chi connectivity index (χ3n) is 5.51. The summed E-state index contributed by atoms with van der Waals surface area (Å²) in [7, 11) is 0. The molecule has 0 spiro atoms. The molecule has 1 amide bonds. The summed E-state index contributed by atoms with van der Waals surface area (Å²) in [6.45, 7) is 7.27. The van der Waals surface area contributed by atoms with E-state index >= 15 is 0 Å².